The molecule has 102 valence electrons. The molecule has 0 radical (unpaired) electrons. The largest absolute Gasteiger partial charge is 0.396 e. The van der Waals surface area contributed by atoms with Gasteiger partial charge in [-0.05, 0) is 18.6 Å². The normalized spacial score (nSPS) is 12.1. The first-order valence-electron chi connectivity index (χ1n) is 5.59. The number of nitrogen functional groups attached to an aromatic ring is 1. The SMILES string of the molecule is CCCN(CC)S(=O)(=O)c1ccc(Cl)c(N)c1Cl. The molecule has 4 nitrogen and oxygen atoms in total. The van der Waals surface area contributed by atoms with E-state index in [2.05, 4.69) is 0 Å². The van der Waals surface area contributed by atoms with Gasteiger partial charge in [-0.15, -0.1) is 0 Å². The molecule has 1 aromatic rings. The van der Waals surface area contributed by atoms with E-state index in [0.29, 0.717) is 13.1 Å². The van der Waals surface area contributed by atoms with Crippen molar-refractivity contribution in [2.24, 2.45) is 0 Å². The van der Waals surface area contributed by atoms with Gasteiger partial charge in [-0.25, -0.2) is 8.42 Å². The molecule has 0 heterocycles. The molecular formula is C11H16Cl2N2O2S. The van der Waals surface area contributed by atoms with E-state index in [-0.39, 0.29) is 20.6 Å². The van der Waals surface area contributed by atoms with Crippen molar-refractivity contribution in [3.8, 4) is 0 Å². The Morgan fingerprint density at radius 2 is 1.89 bits per heavy atom. The first kappa shape index (κ1) is 15.6. The van der Waals surface area contributed by atoms with Crippen molar-refractivity contribution in [2.45, 2.75) is 25.2 Å². The highest BCUT2D eigenvalue weighted by molar-refractivity contribution is 7.89. The fraction of sp³-hybridized carbons (Fsp3) is 0.455. The lowest BCUT2D eigenvalue weighted by molar-refractivity contribution is 0.427. The van der Waals surface area contributed by atoms with Gasteiger partial charge in [0, 0.05) is 13.1 Å². The van der Waals surface area contributed by atoms with Crippen LogP contribution in [0.5, 0.6) is 0 Å². The summed E-state index contributed by atoms with van der Waals surface area (Å²) in [6.45, 7) is 4.52. The molecule has 0 aliphatic rings. The van der Waals surface area contributed by atoms with Gasteiger partial charge in [-0.2, -0.15) is 4.31 Å². The zero-order chi connectivity index (χ0) is 13.9. The molecule has 0 atom stereocenters. The number of halogens is 2. The van der Waals surface area contributed by atoms with Crippen LogP contribution in [0.25, 0.3) is 0 Å². The van der Waals surface area contributed by atoms with E-state index in [1.807, 2.05) is 6.92 Å². The zero-order valence-electron chi connectivity index (χ0n) is 10.3. The number of anilines is 1. The Morgan fingerprint density at radius 3 is 2.39 bits per heavy atom. The predicted molar refractivity (Wildman–Crippen MR) is 75.6 cm³/mol. The van der Waals surface area contributed by atoms with E-state index in [1.165, 1.54) is 16.4 Å². The maximum Gasteiger partial charge on any atom is 0.244 e. The number of rotatable bonds is 5. The number of nitrogens with two attached hydrogens (primary N) is 1. The van der Waals surface area contributed by atoms with E-state index in [4.69, 9.17) is 28.9 Å². The smallest absolute Gasteiger partial charge is 0.244 e. The van der Waals surface area contributed by atoms with Crippen molar-refractivity contribution < 1.29 is 8.42 Å². The van der Waals surface area contributed by atoms with Crippen molar-refractivity contribution in [2.75, 3.05) is 18.8 Å². The average Bonchev–Trinajstić information content (AvgIpc) is 2.32. The summed E-state index contributed by atoms with van der Waals surface area (Å²) >= 11 is 11.8. The summed E-state index contributed by atoms with van der Waals surface area (Å²) in [5, 5.41) is 0.231. The van der Waals surface area contributed by atoms with Crippen LogP contribution in [0.4, 0.5) is 5.69 Å². The molecule has 0 fully saturated rings. The van der Waals surface area contributed by atoms with Gasteiger partial charge in [-0.1, -0.05) is 37.0 Å². The topological polar surface area (TPSA) is 63.4 Å². The van der Waals surface area contributed by atoms with E-state index in [9.17, 15) is 8.42 Å². The van der Waals surface area contributed by atoms with Crippen LogP contribution in [0.1, 0.15) is 20.3 Å². The Bertz CT molecular complexity index is 532. The maximum atomic E-state index is 12.4. The van der Waals surface area contributed by atoms with Crippen LogP contribution in [-0.4, -0.2) is 25.8 Å². The van der Waals surface area contributed by atoms with Crippen molar-refractivity contribution in [1.29, 1.82) is 0 Å². The lowest BCUT2D eigenvalue weighted by Crippen LogP contribution is -2.31. The van der Waals surface area contributed by atoms with Gasteiger partial charge >= 0.3 is 0 Å². The highest BCUT2D eigenvalue weighted by Crippen LogP contribution is 2.34. The third-order valence-corrected chi connectivity index (χ3v) is 5.40. The van der Waals surface area contributed by atoms with Crippen molar-refractivity contribution in [3.63, 3.8) is 0 Å². The Balaban J connectivity index is 3.32. The van der Waals surface area contributed by atoms with Crippen LogP contribution < -0.4 is 5.73 Å². The van der Waals surface area contributed by atoms with Crippen LogP contribution in [-0.2, 0) is 10.0 Å². The first-order valence-corrected chi connectivity index (χ1v) is 7.79. The molecule has 2 N–H and O–H groups in total. The van der Waals surface area contributed by atoms with Crippen LogP contribution >= 0.6 is 23.2 Å². The van der Waals surface area contributed by atoms with Crippen LogP contribution in [0, 0.1) is 0 Å². The number of nitrogens with zero attached hydrogens (tertiary/aromatic N) is 1. The minimum Gasteiger partial charge on any atom is -0.396 e. The summed E-state index contributed by atoms with van der Waals surface area (Å²) in [5.74, 6) is 0. The van der Waals surface area contributed by atoms with E-state index in [0.717, 1.165) is 6.42 Å². The van der Waals surface area contributed by atoms with Gasteiger partial charge in [0.1, 0.15) is 4.90 Å². The first-order chi connectivity index (χ1) is 8.36. The highest BCUT2D eigenvalue weighted by Gasteiger charge is 2.26. The minimum absolute atomic E-state index is 0.00127. The molecule has 18 heavy (non-hydrogen) atoms. The van der Waals surface area contributed by atoms with E-state index in [1.54, 1.807) is 6.92 Å². The summed E-state index contributed by atoms with van der Waals surface area (Å²) in [5.41, 5.74) is 5.74. The fourth-order valence-electron chi connectivity index (χ4n) is 1.59. The Labute approximate surface area is 118 Å². The lowest BCUT2D eigenvalue weighted by atomic mass is 10.3. The molecule has 0 saturated carbocycles. The third-order valence-electron chi connectivity index (χ3n) is 2.53. The van der Waals surface area contributed by atoms with Crippen LogP contribution in [0.15, 0.2) is 17.0 Å². The maximum absolute atomic E-state index is 12.4. The molecule has 1 aromatic carbocycles. The molecule has 0 aliphatic heterocycles. The van der Waals surface area contributed by atoms with Gasteiger partial charge < -0.3 is 5.73 Å². The summed E-state index contributed by atoms with van der Waals surface area (Å²) in [7, 11) is -3.62. The Hall–Kier alpha value is -0.490. The second kappa shape index (κ2) is 6.10. The van der Waals surface area contributed by atoms with E-state index < -0.39 is 10.0 Å². The van der Waals surface area contributed by atoms with Crippen molar-refractivity contribution >= 4 is 38.9 Å². The molecule has 0 aliphatic carbocycles. The molecule has 0 aromatic heterocycles. The second-order valence-corrected chi connectivity index (χ2v) is 6.46. The van der Waals surface area contributed by atoms with Gasteiger partial charge in [0.15, 0.2) is 0 Å². The average molecular weight is 311 g/mol. The molecule has 0 spiro atoms. The molecule has 7 heteroatoms. The van der Waals surface area contributed by atoms with E-state index >= 15 is 0 Å². The lowest BCUT2D eigenvalue weighted by Gasteiger charge is -2.21. The summed E-state index contributed by atoms with van der Waals surface area (Å²) < 4.78 is 26.1. The summed E-state index contributed by atoms with van der Waals surface area (Å²) in [4.78, 5) is 0.00127. The zero-order valence-corrected chi connectivity index (χ0v) is 12.6. The number of benzene rings is 1. The van der Waals surface area contributed by atoms with Crippen molar-refractivity contribution in [3.05, 3.63) is 22.2 Å². The summed E-state index contributed by atoms with van der Waals surface area (Å²) in [6.07, 6.45) is 0.730. The Morgan fingerprint density at radius 1 is 1.28 bits per heavy atom. The molecule has 0 bridgehead atoms. The third kappa shape index (κ3) is 2.91. The Kier molecular flexibility index (Phi) is 5.28. The van der Waals surface area contributed by atoms with Gasteiger partial charge in [0.2, 0.25) is 10.0 Å². The molecule has 1 rings (SSSR count). The standard InChI is InChI=1S/C11H16Cl2N2O2S/c1-3-7-15(4-2)18(16,17)9-6-5-8(12)11(14)10(9)13/h5-6H,3-4,7,14H2,1-2H3. The highest BCUT2D eigenvalue weighted by atomic mass is 35.5. The van der Waals surface area contributed by atoms with Crippen LogP contribution in [0.2, 0.25) is 10.0 Å². The number of sulfonamides is 1. The summed E-state index contributed by atoms with van der Waals surface area (Å²) in [6, 6.07) is 2.82. The van der Waals surface area contributed by atoms with Gasteiger partial charge in [-0.3, -0.25) is 0 Å². The van der Waals surface area contributed by atoms with Crippen LogP contribution in [0.3, 0.4) is 0 Å². The van der Waals surface area contributed by atoms with Crippen molar-refractivity contribution in [1.82, 2.24) is 4.31 Å². The molecule has 0 saturated heterocycles. The molecule has 0 unspecified atom stereocenters. The van der Waals surface area contributed by atoms with Gasteiger partial charge in [0.05, 0.1) is 15.7 Å². The fourth-order valence-corrected chi connectivity index (χ4v) is 3.87. The van der Waals surface area contributed by atoms with Gasteiger partial charge in [0.25, 0.3) is 0 Å². The number of hydrogen-bond acceptors (Lipinski definition) is 3. The minimum atomic E-state index is -3.62. The predicted octanol–water partition coefficient (Wildman–Crippen LogP) is 3.00. The quantitative estimate of drug-likeness (QED) is 0.850. The molecule has 0 amide bonds. The number of hydrogen-bond donors (Lipinski definition) is 1. The molecular weight excluding hydrogens is 295 g/mol. The monoisotopic (exact) mass is 310 g/mol. The second-order valence-electron chi connectivity index (χ2n) is 3.77.